The zero-order valence-electron chi connectivity index (χ0n) is 15.1. The van der Waals surface area contributed by atoms with E-state index in [0.717, 1.165) is 21.7 Å². The topological polar surface area (TPSA) is 113 Å². The van der Waals surface area contributed by atoms with E-state index < -0.39 is 22.6 Å². The van der Waals surface area contributed by atoms with Gasteiger partial charge in [0.1, 0.15) is 11.3 Å². The number of hydrogen-bond acceptors (Lipinski definition) is 7. The fourth-order valence-electron chi connectivity index (χ4n) is 2.74. The predicted molar refractivity (Wildman–Crippen MR) is 106 cm³/mol. The first-order valence-electron chi connectivity index (χ1n) is 8.11. The molecule has 0 amide bonds. The van der Waals surface area contributed by atoms with Crippen molar-refractivity contribution in [2.45, 2.75) is 11.8 Å². The van der Waals surface area contributed by atoms with Gasteiger partial charge in [0.15, 0.2) is 6.61 Å². The van der Waals surface area contributed by atoms with Crippen LogP contribution in [0.15, 0.2) is 47.4 Å². The maximum absolute atomic E-state index is 12.5. The van der Waals surface area contributed by atoms with Crippen LogP contribution in [0.4, 0.5) is 0 Å². The largest absolute Gasteiger partial charge is 0.496 e. The highest BCUT2D eigenvalue weighted by molar-refractivity contribution is 7.89. The molecule has 7 nitrogen and oxygen atoms in total. The first-order valence-corrected chi connectivity index (χ1v) is 10.5. The summed E-state index contributed by atoms with van der Waals surface area (Å²) >= 11 is 1.33. The molecule has 0 radical (unpaired) electrons. The Kier molecular flexibility index (Phi) is 5.50. The van der Waals surface area contributed by atoms with Crippen molar-refractivity contribution in [2.75, 3.05) is 13.7 Å². The van der Waals surface area contributed by atoms with Crippen LogP contribution >= 0.6 is 11.3 Å². The molecule has 1 heterocycles. The lowest BCUT2D eigenvalue weighted by atomic mass is 10.1. The lowest BCUT2D eigenvalue weighted by Crippen LogP contribution is -2.17. The molecule has 0 atom stereocenters. The molecule has 2 aromatic carbocycles. The summed E-state index contributed by atoms with van der Waals surface area (Å²) < 4.78 is 34.2. The number of nitrogens with two attached hydrogens (primary N) is 1. The maximum Gasteiger partial charge on any atom is 0.342 e. The molecule has 146 valence electrons. The molecule has 9 heteroatoms. The van der Waals surface area contributed by atoms with E-state index in [-0.39, 0.29) is 22.0 Å². The Labute approximate surface area is 165 Å². The van der Waals surface area contributed by atoms with Crippen LogP contribution in [0.25, 0.3) is 10.1 Å². The Bertz CT molecular complexity index is 1180. The van der Waals surface area contributed by atoms with E-state index >= 15 is 0 Å². The van der Waals surface area contributed by atoms with Gasteiger partial charge < -0.3 is 9.47 Å². The number of aryl methyl sites for hydroxylation is 1. The van der Waals surface area contributed by atoms with Crippen molar-refractivity contribution in [2.24, 2.45) is 5.14 Å². The summed E-state index contributed by atoms with van der Waals surface area (Å²) in [6.45, 7) is 1.36. The van der Waals surface area contributed by atoms with Gasteiger partial charge in [0.25, 0.3) is 0 Å². The Morgan fingerprint density at radius 1 is 1.14 bits per heavy atom. The maximum atomic E-state index is 12.5. The number of carbonyl (C=O) groups excluding carboxylic acids is 2. The number of sulfonamides is 1. The van der Waals surface area contributed by atoms with Gasteiger partial charge in [0, 0.05) is 4.70 Å². The van der Waals surface area contributed by atoms with Crippen molar-refractivity contribution >= 4 is 43.2 Å². The van der Waals surface area contributed by atoms with Crippen molar-refractivity contribution < 1.29 is 27.5 Å². The molecule has 0 saturated carbocycles. The van der Waals surface area contributed by atoms with E-state index in [1.807, 2.05) is 31.2 Å². The SMILES string of the molecule is COc1ccc(S(N)(=O)=O)cc1C(=O)OCC(=O)c1sc2ccccc2c1C. The van der Waals surface area contributed by atoms with Crippen LogP contribution in [-0.4, -0.2) is 33.9 Å². The van der Waals surface area contributed by atoms with Gasteiger partial charge in [-0.05, 0) is 42.1 Å². The molecule has 28 heavy (non-hydrogen) atoms. The fraction of sp³-hybridized carbons (Fsp3) is 0.158. The van der Waals surface area contributed by atoms with E-state index in [1.165, 1.54) is 30.6 Å². The third kappa shape index (κ3) is 3.91. The van der Waals surface area contributed by atoms with Gasteiger partial charge >= 0.3 is 5.97 Å². The first-order chi connectivity index (χ1) is 13.2. The lowest BCUT2D eigenvalue weighted by molar-refractivity contribution is 0.0472. The van der Waals surface area contributed by atoms with Gasteiger partial charge in [-0.3, -0.25) is 4.79 Å². The van der Waals surface area contributed by atoms with Gasteiger partial charge in [-0.15, -0.1) is 11.3 Å². The van der Waals surface area contributed by atoms with Crippen LogP contribution in [0.3, 0.4) is 0 Å². The average Bonchev–Trinajstić information content (AvgIpc) is 3.01. The van der Waals surface area contributed by atoms with Crippen molar-refractivity contribution in [3.05, 3.63) is 58.5 Å². The molecule has 2 N–H and O–H groups in total. The van der Waals surface area contributed by atoms with Gasteiger partial charge in [0.2, 0.25) is 15.8 Å². The molecule has 3 rings (SSSR count). The number of primary sulfonamides is 1. The molecule has 0 unspecified atom stereocenters. The summed E-state index contributed by atoms with van der Waals surface area (Å²) in [6, 6.07) is 11.2. The molecule has 1 aromatic heterocycles. The fourth-order valence-corrected chi connectivity index (χ4v) is 4.41. The minimum Gasteiger partial charge on any atom is -0.496 e. The monoisotopic (exact) mass is 419 g/mol. The van der Waals surface area contributed by atoms with Crippen molar-refractivity contribution in [3.63, 3.8) is 0 Å². The number of carbonyl (C=O) groups is 2. The number of ether oxygens (including phenoxy) is 2. The minimum atomic E-state index is -4.01. The second-order valence-corrected chi connectivity index (χ2v) is 8.57. The van der Waals surface area contributed by atoms with Crippen molar-refractivity contribution in [1.82, 2.24) is 0 Å². The summed E-state index contributed by atoms with van der Waals surface area (Å²) in [6.07, 6.45) is 0. The number of ketones is 1. The Morgan fingerprint density at radius 2 is 1.86 bits per heavy atom. The quantitative estimate of drug-likeness (QED) is 0.486. The molecule has 0 aliphatic rings. The zero-order chi connectivity index (χ0) is 20.5. The van der Waals surface area contributed by atoms with Crippen LogP contribution in [0.1, 0.15) is 25.6 Å². The normalized spacial score (nSPS) is 11.4. The van der Waals surface area contributed by atoms with Gasteiger partial charge in [-0.25, -0.2) is 18.4 Å². The molecule has 0 aliphatic carbocycles. The average molecular weight is 419 g/mol. The molecule has 0 fully saturated rings. The van der Waals surface area contributed by atoms with Gasteiger partial charge in [-0.1, -0.05) is 18.2 Å². The third-order valence-electron chi connectivity index (χ3n) is 4.15. The highest BCUT2D eigenvalue weighted by Gasteiger charge is 2.21. The third-order valence-corrected chi connectivity index (χ3v) is 6.38. The number of fused-ring (bicyclic) bond motifs is 1. The number of rotatable bonds is 6. The molecular formula is C19H17NO6S2. The van der Waals surface area contributed by atoms with Crippen LogP contribution in [0, 0.1) is 6.92 Å². The highest BCUT2D eigenvalue weighted by atomic mass is 32.2. The summed E-state index contributed by atoms with van der Waals surface area (Å²) in [7, 11) is -2.68. The molecule has 0 spiro atoms. The number of hydrogen-bond donors (Lipinski definition) is 1. The summed E-state index contributed by atoms with van der Waals surface area (Å²) in [5, 5.41) is 6.07. The van der Waals surface area contributed by atoms with Crippen LogP contribution in [0.2, 0.25) is 0 Å². The second kappa shape index (κ2) is 7.70. The molecular weight excluding hydrogens is 402 g/mol. The van der Waals surface area contributed by atoms with E-state index in [4.69, 9.17) is 14.6 Å². The number of Topliss-reactive ketones (excluding diaryl/α,β-unsaturated/α-hetero) is 1. The summed E-state index contributed by atoms with van der Waals surface area (Å²) in [5.74, 6) is -1.11. The Morgan fingerprint density at radius 3 is 2.50 bits per heavy atom. The van der Waals surface area contributed by atoms with Crippen LogP contribution < -0.4 is 9.88 Å². The molecule has 0 bridgehead atoms. The zero-order valence-corrected chi connectivity index (χ0v) is 16.7. The second-order valence-electron chi connectivity index (χ2n) is 5.96. The molecule has 0 aliphatic heterocycles. The van der Waals surface area contributed by atoms with E-state index in [2.05, 4.69) is 0 Å². The van der Waals surface area contributed by atoms with E-state index in [1.54, 1.807) is 0 Å². The number of thiophene rings is 1. The molecule has 0 saturated heterocycles. The summed E-state index contributed by atoms with van der Waals surface area (Å²) in [5.41, 5.74) is 0.699. The van der Waals surface area contributed by atoms with Gasteiger partial charge in [-0.2, -0.15) is 0 Å². The number of esters is 1. The Hall–Kier alpha value is -2.75. The summed E-state index contributed by atoms with van der Waals surface area (Å²) in [4.78, 5) is 25.2. The predicted octanol–water partition coefficient (Wildman–Crippen LogP) is 2.91. The van der Waals surface area contributed by atoms with Crippen LogP contribution in [-0.2, 0) is 14.8 Å². The number of benzene rings is 2. The Balaban J connectivity index is 1.81. The van der Waals surface area contributed by atoms with Gasteiger partial charge in [0.05, 0.1) is 16.9 Å². The van der Waals surface area contributed by atoms with Crippen LogP contribution in [0.5, 0.6) is 5.75 Å². The standard InChI is InChI=1S/C19H17NO6S2/c1-11-13-5-3-4-6-17(13)27-18(11)15(21)10-26-19(22)14-9-12(28(20,23)24)7-8-16(14)25-2/h3-9H,10H2,1-2H3,(H2,20,23,24). The smallest absolute Gasteiger partial charge is 0.342 e. The van der Waals surface area contributed by atoms with E-state index in [9.17, 15) is 18.0 Å². The van der Waals surface area contributed by atoms with Crippen molar-refractivity contribution in [3.8, 4) is 5.75 Å². The molecule has 3 aromatic rings. The van der Waals surface area contributed by atoms with E-state index in [0.29, 0.717) is 4.88 Å². The van der Waals surface area contributed by atoms with Crippen molar-refractivity contribution in [1.29, 1.82) is 0 Å². The highest BCUT2D eigenvalue weighted by Crippen LogP contribution is 2.31. The minimum absolute atomic E-state index is 0.114. The first kappa shape index (κ1) is 20.0. The lowest BCUT2D eigenvalue weighted by Gasteiger charge is -2.10. The number of methoxy groups -OCH3 is 1.